The van der Waals surface area contributed by atoms with Gasteiger partial charge in [0.2, 0.25) is 5.91 Å². The quantitative estimate of drug-likeness (QED) is 0.441. The first-order chi connectivity index (χ1) is 17.6. The third-order valence-corrected chi connectivity index (χ3v) is 8.54. The Morgan fingerprint density at radius 2 is 1.86 bits per heavy atom. The Bertz CT molecular complexity index is 1210. The summed E-state index contributed by atoms with van der Waals surface area (Å²) >= 11 is 1.51. The molecule has 5 rings (SSSR count). The number of H-pyrrole nitrogens is 1. The molecule has 1 amide bonds. The molecule has 0 aliphatic carbocycles. The molecule has 4 heterocycles. The Kier molecular flexibility index (Phi) is 6.93. The summed E-state index contributed by atoms with van der Waals surface area (Å²) in [5.74, 6) is 1.05. The number of thiazole rings is 1. The van der Waals surface area contributed by atoms with E-state index in [1.807, 2.05) is 28.6 Å². The number of benzene rings is 1. The number of imidazole rings is 1. The first-order valence-corrected chi connectivity index (χ1v) is 13.9. The van der Waals surface area contributed by atoms with Crippen molar-refractivity contribution in [2.45, 2.75) is 77.7 Å². The summed E-state index contributed by atoms with van der Waals surface area (Å²) in [4.78, 5) is 28.1. The van der Waals surface area contributed by atoms with E-state index in [9.17, 15) is 4.79 Å². The van der Waals surface area contributed by atoms with E-state index in [0.29, 0.717) is 0 Å². The molecule has 1 aromatic carbocycles. The van der Waals surface area contributed by atoms with E-state index >= 15 is 0 Å². The Hall–Kier alpha value is -2.69. The first-order valence-electron chi connectivity index (χ1n) is 13.0. The van der Waals surface area contributed by atoms with Gasteiger partial charge in [0.05, 0.1) is 29.1 Å². The van der Waals surface area contributed by atoms with Crippen molar-refractivity contribution in [3.8, 4) is 11.3 Å². The minimum absolute atomic E-state index is 0.0652. The predicted octanol–water partition coefficient (Wildman–Crippen LogP) is 4.63. The standard InChI is InChI=1S/C27H36BN5O3S/c1-17(2)22(32-25-29-13-15-37-25)24(34)33-14-7-8-21(33)23-30-16-20(31-23)18-9-11-19(12-10-18)28-35-26(3,4)27(5,6)36-28/h9-13,15-17,21-22H,7-8,14H2,1-6H3,(H,29,32)(H,30,31). The molecular weight excluding hydrogens is 485 g/mol. The maximum atomic E-state index is 13.6. The van der Waals surface area contributed by atoms with Crippen LogP contribution in [-0.4, -0.2) is 56.7 Å². The molecule has 2 N–H and O–H groups in total. The molecule has 10 heteroatoms. The van der Waals surface area contributed by atoms with Gasteiger partial charge in [0.1, 0.15) is 11.9 Å². The highest BCUT2D eigenvalue weighted by Crippen LogP contribution is 2.37. The summed E-state index contributed by atoms with van der Waals surface area (Å²) in [5, 5.41) is 6.02. The van der Waals surface area contributed by atoms with Gasteiger partial charge in [0.15, 0.2) is 5.13 Å². The molecule has 0 saturated carbocycles. The first kappa shape index (κ1) is 25.9. The number of hydrogen-bond acceptors (Lipinski definition) is 7. The maximum Gasteiger partial charge on any atom is 0.494 e. The Balaban J connectivity index is 1.30. The predicted molar refractivity (Wildman–Crippen MR) is 148 cm³/mol. The monoisotopic (exact) mass is 521 g/mol. The Morgan fingerprint density at radius 1 is 1.16 bits per heavy atom. The number of aromatic amines is 1. The summed E-state index contributed by atoms with van der Waals surface area (Å²) < 4.78 is 12.4. The summed E-state index contributed by atoms with van der Waals surface area (Å²) in [5.41, 5.74) is 2.20. The lowest BCUT2D eigenvalue weighted by atomic mass is 9.79. The van der Waals surface area contributed by atoms with Crippen molar-refractivity contribution in [1.29, 1.82) is 0 Å². The third-order valence-electron chi connectivity index (χ3n) is 7.84. The molecule has 2 unspecified atom stereocenters. The van der Waals surface area contributed by atoms with Crippen LogP contribution < -0.4 is 10.8 Å². The minimum atomic E-state index is -0.388. The zero-order chi connectivity index (χ0) is 26.4. The molecule has 2 aromatic heterocycles. The van der Waals surface area contributed by atoms with Crippen LogP contribution in [-0.2, 0) is 14.1 Å². The fourth-order valence-electron chi connectivity index (χ4n) is 4.89. The number of aromatic nitrogens is 3. The molecule has 2 aliphatic heterocycles. The molecular formula is C27H36BN5O3S. The van der Waals surface area contributed by atoms with E-state index < -0.39 is 0 Å². The summed E-state index contributed by atoms with van der Waals surface area (Å²) in [6.07, 6.45) is 5.45. The molecule has 37 heavy (non-hydrogen) atoms. The number of amides is 1. The van der Waals surface area contributed by atoms with Crippen LogP contribution in [0.4, 0.5) is 5.13 Å². The van der Waals surface area contributed by atoms with E-state index in [2.05, 4.69) is 69.0 Å². The van der Waals surface area contributed by atoms with Gasteiger partial charge in [-0.25, -0.2) is 9.97 Å². The molecule has 196 valence electrons. The summed E-state index contributed by atoms with van der Waals surface area (Å²) in [6.45, 7) is 13.1. The van der Waals surface area contributed by atoms with Crippen LogP contribution in [0.25, 0.3) is 11.3 Å². The van der Waals surface area contributed by atoms with E-state index in [-0.39, 0.29) is 42.2 Å². The number of anilines is 1. The average molecular weight is 521 g/mol. The number of nitrogens with zero attached hydrogens (tertiary/aromatic N) is 3. The van der Waals surface area contributed by atoms with E-state index in [0.717, 1.165) is 47.1 Å². The second kappa shape index (κ2) is 9.89. The summed E-state index contributed by atoms with van der Waals surface area (Å²) in [7, 11) is -0.388. The van der Waals surface area contributed by atoms with E-state index in [1.165, 1.54) is 11.3 Å². The SMILES string of the molecule is CC(C)C(Nc1nccs1)C(=O)N1CCCC1c1ncc(-c2ccc(B3OC(C)(C)C(C)(C)O3)cc2)[nH]1. The number of likely N-dealkylation sites (tertiary alicyclic amines) is 1. The second-order valence-electron chi connectivity index (χ2n) is 11.3. The van der Waals surface area contributed by atoms with Crippen molar-refractivity contribution in [1.82, 2.24) is 19.9 Å². The van der Waals surface area contributed by atoms with Crippen molar-refractivity contribution in [3.63, 3.8) is 0 Å². The van der Waals surface area contributed by atoms with Crippen LogP contribution in [0.5, 0.6) is 0 Å². The van der Waals surface area contributed by atoms with Crippen LogP contribution in [0.3, 0.4) is 0 Å². The molecule has 2 fully saturated rings. The molecule has 3 aromatic rings. The minimum Gasteiger partial charge on any atom is -0.399 e. The van der Waals surface area contributed by atoms with Gasteiger partial charge in [-0.1, -0.05) is 38.1 Å². The van der Waals surface area contributed by atoms with Crippen molar-refractivity contribution in [2.75, 3.05) is 11.9 Å². The van der Waals surface area contributed by atoms with Crippen LogP contribution in [0.15, 0.2) is 42.0 Å². The average Bonchev–Trinajstić information content (AvgIpc) is 3.64. The number of carbonyl (C=O) groups excluding carboxylic acids is 1. The number of nitrogens with one attached hydrogen (secondary N) is 2. The van der Waals surface area contributed by atoms with Gasteiger partial charge in [-0.3, -0.25) is 4.79 Å². The van der Waals surface area contributed by atoms with E-state index in [1.54, 1.807) is 6.20 Å². The summed E-state index contributed by atoms with van der Waals surface area (Å²) in [6, 6.07) is 7.81. The molecule has 2 saturated heterocycles. The topological polar surface area (TPSA) is 92.4 Å². The third kappa shape index (κ3) is 5.06. The van der Waals surface area contributed by atoms with Gasteiger partial charge in [-0.05, 0) is 57.5 Å². The molecule has 0 spiro atoms. The van der Waals surface area contributed by atoms with Gasteiger partial charge < -0.3 is 24.5 Å². The lowest BCUT2D eigenvalue weighted by molar-refractivity contribution is -0.134. The van der Waals surface area contributed by atoms with Gasteiger partial charge in [-0.15, -0.1) is 11.3 Å². The number of rotatable bonds is 7. The zero-order valence-electron chi connectivity index (χ0n) is 22.4. The Labute approximate surface area is 223 Å². The lowest BCUT2D eigenvalue weighted by Gasteiger charge is -2.32. The van der Waals surface area contributed by atoms with Crippen LogP contribution >= 0.6 is 11.3 Å². The molecule has 2 atom stereocenters. The molecule has 2 aliphatic rings. The van der Waals surface area contributed by atoms with Crippen molar-refractivity contribution >= 4 is 35.0 Å². The molecule has 8 nitrogen and oxygen atoms in total. The highest BCUT2D eigenvalue weighted by atomic mass is 32.1. The molecule has 0 radical (unpaired) electrons. The maximum absolute atomic E-state index is 13.6. The van der Waals surface area contributed by atoms with Crippen LogP contribution in [0.1, 0.15) is 66.3 Å². The van der Waals surface area contributed by atoms with Gasteiger partial charge >= 0.3 is 7.12 Å². The van der Waals surface area contributed by atoms with Crippen molar-refractivity contribution in [3.05, 3.63) is 47.9 Å². The lowest BCUT2D eigenvalue weighted by Crippen LogP contribution is -2.45. The Morgan fingerprint density at radius 3 is 2.49 bits per heavy atom. The number of carbonyl (C=O) groups is 1. The zero-order valence-corrected chi connectivity index (χ0v) is 23.3. The van der Waals surface area contributed by atoms with Crippen LogP contribution in [0, 0.1) is 5.92 Å². The van der Waals surface area contributed by atoms with E-state index in [4.69, 9.17) is 14.3 Å². The van der Waals surface area contributed by atoms with Gasteiger partial charge in [0, 0.05) is 18.1 Å². The second-order valence-corrected chi connectivity index (χ2v) is 12.2. The largest absolute Gasteiger partial charge is 0.494 e. The van der Waals surface area contributed by atoms with Crippen LogP contribution in [0.2, 0.25) is 0 Å². The normalized spacial score (nSPS) is 21.5. The molecule has 0 bridgehead atoms. The number of hydrogen-bond donors (Lipinski definition) is 2. The van der Waals surface area contributed by atoms with Crippen molar-refractivity contribution in [2.24, 2.45) is 5.92 Å². The smallest absolute Gasteiger partial charge is 0.399 e. The fraction of sp³-hybridized carbons (Fsp3) is 0.519. The highest BCUT2D eigenvalue weighted by molar-refractivity contribution is 7.13. The van der Waals surface area contributed by atoms with Crippen molar-refractivity contribution < 1.29 is 14.1 Å². The van der Waals surface area contributed by atoms with Gasteiger partial charge in [-0.2, -0.15) is 0 Å². The highest BCUT2D eigenvalue weighted by Gasteiger charge is 2.51. The van der Waals surface area contributed by atoms with Gasteiger partial charge in [0.25, 0.3) is 0 Å². The fourth-order valence-corrected chi connectivity index (χ4v) is 5.45.